The Kier molecular flexibility index (Phi) is 5.97. The first kappa shape index (κ1) is 22.0. The van der Waals surface area contributed by atoms with E-state index in [9.17, 15) is 4.79 Å². The molecule has 0 radical (unpaired) electrons. The van der Waals surface area contributed by atoms with E-state index in [1.165, 1.54) is 17.3 Å². The Balaban J connectivity index is 1.67. The zero-order valence-corrected chi connectivity index (χ0v) is 19.8. The maximum absolute atomic E-state index is 13.0. The molecule has 0 saturated heterocycles. The Bertz CT molecular complexity index is 1330. The average molecular weight is 451 g/mol. The van der Waals surface area contributed by atoms with E-state index < -0.39 is 5.25 Å². The number of aromatic nitrogens is 3. The summed E-state index contributed by atoms with van der Waals surface area (Å²) in [5, 5.41) is 13.1. The number of pyridine rings is 1. The zero-order chi connectivity index (χ0) is 23.0. The van der Waals surface area contributed by atoms with Gasteiger partial charge in [0.15, 0.2) is 10.8 Å². The molecular weight excluding hydrogens is 424 g/mol. The van der Waals surface area contributed by atoms with E-state index >= 15 is 0 Å². The van der Waals surface area contributed by atoms with E-state index in [1.54, 1.807) is 32.4 Å². The number of anilines is 1. The molecule has 1 atom stereocenters. The molecule has 0 aliphatic rings. The maximum Gasteiger partial charge on any atom is 0.237 e. The molecule has 166 valence electrons. The molecule has 7 nitrogen and oxygen atoms in total. The Hall–Kier alpha value is -3.26. The molecule has 2 aromatic heterocycles. The molecule has 0 spiro atoms. The number of thioether (sulfide) groups is 1. The number of benzene rings is 2. The van der Waals surface area contributed by atoms with Crippen LogP contribution in [0.5, 0.6) is 11.5 Å². The lowest BCUT2D eigenvalue weighted by Crippen LogP contribution is -2.23. The number of nitrogens with zero attached hydrogens (tertiary/aromatic N) is 3. The van der Waals surface area contributed by atoms with Crippen LogP contribution in [-0.2, 0) is 4.79 Å². The van der Waals surface area contributed by atoms with Gasteiger partial charge in [-0.1, -0.05) is 23.4 Å². The quantitative estimate of drug-likeness (QED) is 0.419. The molecule has 0 aliphatic heterocycles. The molecule has 8 heteroatoms. The van der Waals surface area contributed by atoms with Crippen LogP contribution in [0.1, 0.15) is 23.6 Å². The predicted octanol–water partition coefficient (Wildman–Crippen LogP) is 4.94. The number of rotatable bonds is 6. The SMILES string of the molecule is COc1ccc(OC)c(NC(=O)C(C)Sc2nnc3cc(C)c4cc(C)cc(C)c4n23)c1. The van der Waals surface area contributed by atoms with Gasteiger partial charge in [-0.15, -0.1) is 10.2 Å². The third kappa shape index (κ3) is 3.98. The Labute approximate surface area is 191 Å². The van der Waals surface area contributed by atoms with Gasteiger partial charge in [-0.3, -0.25) is 9.20 Å². The highest BCUT2D eigenvalue weighted by Crippen LogP contribution is 2.32. The van der Waals surface area contributed by atoms with Crippen molar-refractivity contribution in [1.29, 1.82) is 0 Å². The molecule has 1 N–H and O–H groups in total. The second-order valence-electron chi connectivity index (χ2n) is 7.80. The second kappa shape index (κ2) is 8.70. The fourth-order valence-electron chi connectivity index (χ4n) is 3.85. The van der Waals surface area contributed by atoms with Crippen LogP contribution in [0.4, 0.5) is 5.69 Å². The smallest absolute Gasteiger partial charge is 0.237 e. The highest BCUT2D eigenvalue weighted by molar-refractivity contribution is 8.00. The van der Waals surface area contributed by atoms with Crippen molar-refractivity contribution in [2.45, 2.75) is 38.1 Å². The van der Waals surface area contributed by atoms with Crippen LogP contribution in [0, 0.1) is 20.8 Å². The normalized spacial score (nSPS) is 12.2. The maximum atomic E-state index is 13.0. The summed E-state index contributed by atoms with van der Waals surface area (Å²) in [7, 11) is 3.15. The van der Waals surface area contributed by atoms with Crippen molar-refractivity contribution in [3.63, 3.8) is 0 Å². The van der Waals surface area contributed by atoms with Gasteiger partial charge in [-0.25, -0.2) is 0 Å². The average Bonchev–Trinajstić information content (AvgIpc) is 3.15. The fourth-order valence-corrected chi connectivity index (χ4v) is 4.71. The van der Waals surface area contributed by atoms with Crippen molar-refractivity contribution in [2.24, 2.45) is 0 Å². The summed E-state index contributed by atoms with van der Waals surface area (Å²) in [5.41, 5.74) is 5.90. The molecule has 0 saturated carbocycles. The van der Waals surface area contributed by atoms with Gasteiger partial charge >= 0.3 is 0 Å². The van der Waals surface area contributed by atoms with Gasteiger partial charge in [-0.2, -0.15) is 0 Å². The Morgan fingerprint density at radius 1 is 1.03 bits per heavy atom. The molecule has 1 amide bonds. The van der Waals surface area contributed by atoms with Crippen LogP contribution in [-0.4, -0.2) is 40.0 Å². The van der Waals surface area contributed by atoms with Gasteiger partial charge in [0.2, 0.25) is 5.91 Å². The molecule has 4 aromatic rings. The van der Waals surface area contributed by atoms with E-state index in [4.69, 9.17) is 9.47 Å². The minimum Gasteiger partial charge on any atom is -0.497 e. The first-order valence-electron chi connectivity index (χ1n) is 10.3. The molecule has 1 unspecified atom stereocenters. The van der Waals surface area contributed by atoms with Crippen molar-refractivity contribution in [1.82, 2.24) is 14.6 Å². The van der Waals surface area contributed by atoms with Crippen LogP contribution in [0.15, 0.2) is 41.6 Å². The van der Waals surface area contributed by atoms with Crippen molar-refractivity contribution < 1.29 is 14.3 Å². The van der Waals surface area contributed by atoms with Crippen molar-refractivity contribution in [3.8, 4) is 11.5 Å². The first-order chi connectivity index (χ1) is 15.3. The molecule has 2 aromatic carbocycles. The monoisotopic (exact) mass is 450 g/mol. The number of fused-ring (bicyclic) bond motifs is 3. The molecule has 0 aliphatic carbocycles. The molecule has 2 heterocycles. The van der Waals surface area contributed by atoms with Crippen LogP contribution in [0.3, 0.4) is 0 Å². The predicted molar refractivity (Wildman–Crippen MR) is 128 cm³/mol. The fraction of sp³-hybridized carbons (Fsp3) is 0.292. The van der Waals surface area contributed by atoms with Crippen molar-refractivity contribution in [3.05, 3.63) is 53.1 Å². The molecule has 4 rings (SSSR count). The van der Waals surface area contributed by atoms with Crippen LogP contribution >= 0.6 is 11.8 Å². The number of hydrogen-bond donors (Lipinski definition) is 1. The molecular formula is C24H26N4O3S. The van der Waals surface area contributed by atoms with Crippen molar-refractivity contribution in [2.75, 3.05) is 19.5 Å². The lowest BCUT2D eigenvalue weighted by atomic mass is 10.0. The zero-order valence-electron chi connectivity index (χ0n) is 19.0. The third-order valence-corrected chi connectivity index (χ3v) is 6.46. The standard InChI is InChI=1S/C24H26N4O3S/c1-13-9-15(3)22-18(10-13)14(2)11-21-26-27-24(28(21)22)32-16(4)23(29)25-19-12-17(30-5)7-8-20(19)31-6/h7-12,16H,1-6H3,(H,25,29). The lowest BCUT2D eigenvalue weighted by Gasteiger charge is -2.15. The third-order valence-electron chi connectivity index (χ3n) is 5.41. The Morgan fingerprint density at radius 3 is 2.53 bits per heavy atom. The summed E-state index contributed by atoms with van der Waals surface area (Å²) in [6.07, 6.45) is 0. The van der Waals surface area contributed by atoms with E-state index in [2.05, 4.69) is 48.4 Å². The van der Waals surface area contributed by atoms with Gasteiger partial charge < -0.3 is 14.8 Å². The largest absolute Gasteiger partial charge is 0.497 e. The van der Waals surface area contributed by atoms with E-state index in [0.717, 1.165) is 27.7 Å². The molecule has 0 bridgehead atoms. The van der Waals surface area contributed by atoms with E-state index in [-0.39, 0.29) is 5.91 Å². The summed E-state index contributed by atoms with van der Waals surface area (Å²) in [6, 6.07) is 11.6. The van der Waals surface area contributed by atoms with Crippen molar-refractivity contribution >= 4 is 39.9 Å². The number of methoxy groups -OCH3 is 2. The second-order valence-corrected chi connectivity index (χ2v) is 9.11. The summed E-state index contributed by atoms with van der Waals surface area (Å²) in [5.74, 6) is 1.04. The Morgan fingerprint density at radius 2 is 1.81 bits per heavy atom. The summed E-state index contributed by atoms with van der Waals surface area (Å²) in [4.78, 5) is 13.0. The number of hydrogen-bond acceptors (Lipinski definition) is 6. The van der Waals surface area contributed by atoms with Gasteiger partial charge in [0.05, 0.1) is 30.7 Å². The number of carbonyl (C=O) groups excluding carboxylic acids is 1. The number of carbonyl (C=O) groups is 1. The summed E-state index contributed by atoms with van der Waals surface area (Å²) in [6.45, 7) is 8.12. The van der Waals surface area contributed by atoms with E-state index in [1.807, 2.05) is 17.4 Å². The molecule has 0 fully saturated rings. The van der Waals surface area contributed by atoms with Gasteiger partial charge in [0.25, 0.3) is 0 Å². The topological polar surface area (TPSA) is 77.8 Å². The minimum atomic E-state index is -0.416. The van der Waals surface area contributed by atoms with Gasteiger partial charge in [-0.05, 0) is 63.1 Å². The lowest BCUT2D eigenvalue weighted by molar-refractivity contribution is -0.115. The summed E-state index contributed by atoms with van der Waals surface area (Å²) >= 11 is 1.37. The summed E-state index contributed by atoms with van der Waals surface area (Å²) < 4.78 is 12.7. The highest BCUT2D eigenvalue weighted by Gasteiger charge is 2.21. The highest BCUT2D eigenvalue weighted by atomic mass is 32.2. The van der Waals surface area contributed by atoms with Crippen LogP contribution in [0.2, 0.25) is 0 Å². The molecule has 32 heavy (non-hydrogen) atoms. The minimum absolute atomic E-state index is 0.165. The van der Waals surface area contributed by atoms with E-state index in [0.29, 0.717) is 22.3 Å². The van der Waals surface area contributed by atoms with Gasteiger partial charge in [0, 0.05) is 11.5 Å². The number of amides is 1. The van der Waals surface area contributed by atoms with Crippen LogP contribution in [0.25, 0.3) is 16.6 Å². The first-order valence-corrected chi connectivity index (χ1v) is 11.2. The van der Waals surface area contributed by atoms with Gasteiger partial charge in [0.1, 0.15) is 11.5 Å². The number of nitrogens with one attached hydrogen (secondary N) is 1. The van der Waals surface area contributed by atoms with Crippen LogP contribution < -0.4 is 14.8 Å². The number of aryl methyl sites for hydroxylation is 3. The number of ether oxygens (including phenoxy) is 2.